The smallest absolute Gasteiger partial charge is 0.343 e. The lowest BCUT2D eigenvalue weighted by Gasteiger charge is -2.10. The number of rotatable bonds is 8. The standard InChI is InChI=1S/C26H20ClN3O5S/c27-20-11-13-21(14-12-20)36(33,34)29-17-25(31)30-28-16-23-22-9-5-4-6-18(22)10-15-24(23)35-26(32)19-7-2-1-3-8-19/h1-16,29H,17H2,(H,30,31)/b28-16-. The maximum atomic E-state index is 12.6. The van der Waals surface area contributed by atoms with Gasteiger partial charge in [-0.1, -0.05) is 60.1 Å². The average Bonchev–Trinajstić information content (AvgIpc) is 2.89. The summed E-state index contributed by atoms with van der Waals surface area (Å²) >= 11 is 5.78. The minimum atomic E-state index is -3.90. The summed E-state index contributed by atoms with van der Waals surface area (Å²) in [6.07, 6.45) is 1.35. The number of esters is 1. The first-order valence-corrected chi connectivity index (χ1v) is 12.6. The Morgan fingerprint density at radius 1 is 0.889 bits per heavy atom. The van der Waals surface area contributed by atoms with Crippen LogP contribution in [0.4, 0.5) is 0 Å². The molecule has 4 aromatic carbocycles. The summed E-state index contributed by atoms with van der Waals surface area (Å²) in [4.78, 5) is 24.8. The number of hydrazone groups is 1. The van der Waals surface area contributed by atoms with E-state index in [1.54, 1.807) is 36.4 Å². The normalized spacial score (nSPS) is 11.5. The summed E-state index contributed by atoms with van der Waals surface area (Å²) < 4.78 is 32.5. The third-order valence-corrected chi connectivity index (χ3v) is 6.74. The van der Waals surface area contributed by atoms with Gasteiger partial charge in [-0.3, -0.25) is 4.79 Å². The molecule has 0 radical (unpaired) electrons. The molecule has 0 fully saturated rings. The third-order valence-electron chi connectivity index (χ3n) is 5.07. The van der Waals surface area contributed by atoms with Gasteiger partial charge in [-0.05, 0) is 53.2 Å². The van der Waals surface area contributed by atoms with Gasteiger partial charge in [-0.15, -0.1) is 0 Å². The molecule has 0 heterocycles. The van der Waals surface area contributed by atoms with Gasteiger partial charge in [0.05, 0.1) is 23.2 Å². The van der Waals surface area contributed by atoms with Crippen molar-refractivity contribution in [2.75, 3.05) is 6.54 Å². The van der Waals surface area contributed by atoms with Crippen LogP contribution in [0.2, 0.25) is 5.02 Å². The number of benzene rings is 4. The van der Waals surface area contributed by atoms with E-state index in [9.17, 15) is 18.0 Å². The van der Waals surface area contributed by atoms with Crippen molar-refractivity contribution in [1.82, 2.24) is 10.1 Å². The molecule has 0 aliphatic rings. The van der Waals surface area contributed by atoms with E-state index in [-0.39, 0.29) is 10.6 Å². The van der Waals surface area contributed by atoms with Gasteiger partial charge < -0.3 is 4.74 Å². The Morgan fingerprint density at radius 3 is 2.33 bits per heavy atom. The van der Waals surface area contributed by atoms with Gasteiger partial charge in [0.1, 0.15) is 5.75 Å². The van der Waals surface area contributed by atoms with Gasteiger partial charge in [0.25, 0.3) is 5.91 Å². The second-order valence-electron chi connectivity index (χ2n) is 7.53. The molecule has 4 rings (SSSR count). The molecule has 0 bridgehead atoms. The highest BCUT2D eigenvalue weighted by Gasteiger charge is 2.16. The zero-order valence-electron chi connectivity index (χ0n) is 18.7. The van der Waals surface area contributed by atoms with E-state index in [1.807, 2.05) is 30.3 Å². The fourth-order valence-electron chi connectivity index (χ4n) is 3.30. The molecule has 0 aliphatic heterocycles. The van der Waals surface area contributed by atoms with E-state index in [0.717, 1.165) is 10.8 Å². The fourth-order valence-corrected chi connectivity index (χ4v) is 4.40. The van der Waals surface area contributed by atoms with Crippen molar-refractivity contribution in [3.8, 4) is 5.75 Å². The molecule has 1 amide bonds. The van der Waals surface area contributed by atoms with Gasteiger partial charge in [-0.2, -0.15) is 5.10 Å². The van der Waals surface area contributed by atoms with Crippen LogP contribution in [0, 0.1) is 0 Å². The average molecular weight is 522 g/mol. The van der Waals surface area contributed by atoms with Crippen molar-refractivity contribution < 1.29 is 22.7 Å². The van der Waals surface area contributed by atoms with Crippen LogP contribution >= 0.6 is 11.6 Å². The number of fused-ring (bicyclic) bond motifs is 1. The molecule has 36 heavy (non-hydrogen) atoms. The number of nitrogens with zero attached hydrogens (tertiary/aromatic N) is 1. The second-order valence-corrected chi connectivity index (χ2v) is 9.73. The monoisotopic (exact) mass is 521 g/mol. The van der Waals surface area contributed by atoms with E-state index >= 15 is 0 Å². The molecule has 0 saturated carbocycles. The Hall–Kier alpha value is -4.05. The molecular formula is C26H20ClN3O5S. The topological polar surface area (TPSA) is 114 Å². The Balaban J connectivity index is 1.48. The largest absolute Gasteiger partial charge is 0.422 e. The summed E-state index contributed by atoms with van der Waals surface area (Å²) in [6.45, 7) is -0.534. The summed E-state index contributed by atoms with van der Waals surface area (Å²) in [5.41, 5.74) is 3.14. The van der Waals surface area contributed by atoms with Crippen LogP contribution in [0.25, 0.3) is 10.8 Å². The number of nitrogens with one attached hydrogen (secondary N) is 2. The Morgan fingerprint density at radius 2 is 1.58 bits per heavy atom. The zero-order valence-corrected chi connectivity index (χ0v) is 20.3. The zero-order chi connectivity index (χ0) is 25.5. The van der Waals surface area contributed by atoms with Crippen molar-refractivity contribution >= 4 is 50.5 Å². The number of carbonyl (C=O) groups is 2. The summed E-state index contributed by atoms with van der Waals surface area (Å²) in [5.74, 6) is -0.975. The number of hydrogen-bond acceptors (Lipinski definition) is 6. The number of carbonyl (C=O) groups excluding carboxylic acids is 2. The molecule has 4 aromatic rings. The van der Waals surface area contributed by atoms with Crippen LogP contribution in [0.15, 0.2) is 101 Å². The highest BCUT2D eigenvalue weighted by atomic mass is 35.5. The lowest BCUT2D eigenvalue weighted by molar-refractivity contribution is -0.119. The molecule has 0 aliphatic carbocycles. The van der Waals surface area contributed by atoms with E-state index in [0.29, 0.717) is 16.1 Å². The molecule has 182 valence electrons. The number of hydrogen-bond donors (Lipinski definition) is 2. The molecule has 10 heteroatoms. The quantitative estimate of drug-likeness (QED) is 0.156. The number of amides is 1. The molecule has 0 atom stereocenters. The highest BCUT2D eigenvalue weighted by Crippen LogP contribution is 2.27. The van der Waals surface area contributed by atoms with Crippen molar-refractivity contribution in [1.29, 1.82) is 0 Å². The van der Waals surface area contributed by atoms with Crippen LogP contribution < -0.4 is 14.9 Å². The molecule has 8 nitrogen and oxygen atoms in total. The van der Waals surface area contributed by atoms with E-state index < -0.39 is 28.4 Å². The Kier molecular flexibility index (Phi) is 7.74. The van der Waals surface area contributed by atoms with Crippen LogP contribution in [0.1, 0.15) is 15.9 Å². The van der Waals surface area contributed by atoms with E-state index in [4.69, 9.17) is 16.3 Å². The molecule has 0 unspecified atom stereocenters. The molecule has 0 aromatic heterocycles. The predicted octanol–water partition coefficient (Wildman–Crippen LogP) is 4.14. The molecular weight excluding hydrogens is 502 g/mol. The maximum absolute atomic E-state index is 12.6. The first kappa shape index (κ1) is 25.1. The first-order valence-electron chi connectivity index (χ1n) is 10.7. The number of sulfonamides is 1. The van der Waals surface area contributed by atoms with Crippen molar-refractivity contribution in [2.24, 2.45) is 5.10 Å². The lowest BCUT2D eigenvalue weighted by Crippen LogP contribution is -2.34. The highest BCUT2D eigenvalue weighted by molar-refractivity contribution is 7.89. The molecule has 2 N–H and O–H groups in total. The van der Waals surface area contributed by atoms with Crippen LogP contribution in [-0.4, -0.2) is 33.1 Å². The van der Waals surface area contributed by atoms with E-state index in [2.05, 4.69) is 15.2 Å². The van der Waals surface area contributed by atoms with Crippen molar-refractivity contribution in [2.45, 2.75) is 4.90 Å². The van der Waals surface area contributed by atoms with Gasteiger partial charge >= 0.3 is 5.97 Å². The second kappa shape index (κ2) is 11.1. The summed E-state index contributed by atoms with van der Waals surface area (Å²) in [5, 5.41) is 5.96. The minimum Gasteiger partial charge on any atom is -0.422 e. The molecule has 0 spiro atoms. The summed E-state index contributed by atoms with van der Waals surface area (Å²) in [7, 11) is -3.90. The van der Waals surface area contributed by atoms with Crippen LogP contribution in [0.5, 0.6) is 5.75 Å². The van der Waals surface area contributed by atoms with Gasteiger partial charge in [0.2, 0.25) is 10.0 Å². The third kappa shape index (κ3) is 6.14. The Bertz CT molecular complexity index is 1540. The Labute approximate surface area is 212 Å². The molecule has 0 saturated heterocycles. The predicted molar refractivity (Wildman–Crippen MR) is 138 cm³/mol. The minimum absolute atomic E-state index is 0.0242. The fraction of sp³-hybridized carbons (Fsp3) is 0.0385. The van der Waals surface area contributed by atoms with Crippen molar-refractivity contribution in [3.05, 3.63) is 107 Å². The van der Waals surface area contributed by atoms with E-state index in [1.165, 1.54) is 30.5 Å². The number of ether oxygens (including phenoxy) is 1. The summed E-state index contributed by atoms with van der Waals surface area (Å²) in [6, 6.07) is 25.0. The van der Waals surface area contributed by atoms with Crippen LogP contribution in [-0.2, 0) is 14.8 Å². The van der Waals surface area contributed by atoms with Gasteiger partial charge in [-0.25, -0.2) is 23.4 Å². The number of halogens is 1. The first-order chi connectivity index (χ1) is 17.3. The van der Waals surface area contributed by atoms with Gasteiger partial charge in [0, 0.05) is 10.6 Å². The maximum Gasteiger partial charge on any atom is 0.343 e. The van der Waals surface area contributed by atoms with Crippen molar-refractivity contribution in [3.63, 3.8) is 0 Å². The van der Waals surface area contributed by atoms with Gasteiger partial charge in [0.15, 0.2) is 0 Å². The lowest BCUT2D eigenvalue weighted by atomic mass is 10.0. The van der Waals surface area contributed by atoms with Crippen LogP contribution in [0.3, 0.4) is 0 Å². The SMILES string of the molecule is O=C(CNS(=O)(=O)c1ccc(Cl)cc1)N/N=C\c1c(OC(=O)c2ccccc2)ccc2ccccc12.